The molecule has 0 aromatic heterocycles. The van der Waals surface area contributed by atoms with Crippen LogP contribution in [0.1, 0.15) is 32.8 Å². The van der Waals surface area contributed by atoms with Gasteiger partial charge in [-0.15, -0.1) is 0 Å². The number of nitriles is 1. The van der Waals surface area contributed by atoms with E-state index >= 15 is 0 Å². The van der Waals surface area contributed by atoms with Crippen molar-refractivity contribution >= 4 is 5.69 Å². The molecule has 0 aliphatic heterocycles. The van der Waals surface area contributed by atoms with Gasteiger partial charge in [0.15, 0.2) is 0 Å². The van der Waals surface area contributed by atoms with Gasteiger partial charge in [-0.1, -0.05) is 25.1 Å². The number of nitrogens with two attached hydrogens (primary N) is 1. The first-order valence-corrected chi connectivity index (χ1v) is 6.08. The maximum absolute atomic E-state index is 9.17. The van der Waals surface area contributed by atoms with Gasteiger partial charge in [0.25, 0.3) is 0 Å². The minimum absolute atomic E-state index is 0.0467. The molecule has 0 aliphatic carbocycles. The molecule has 17 heavy (non-hydrogen) atoms. The van der Waals surface area contributed by atoms with Crippen LogP contribution in [-0.2, 0) is 6.54 Å². The minimum atomic E-state index is -0.0467. The Morgan fingerprint density at radius 3 is 2.47 bits per heavy atom. The van der Waals surface area contributed by atoms with Gasteiger partial charge in [-0.2, -0.15) is 5.26 Å². The van der Waals surface area contributed by atoms with Crippen molar-refractivity contribution in [1.29, 1.82) is 5.26 Å². The summed E-state index contributed by atoms with van der Waals surface area (Å²) in [5, 5.41) is 9.17. The number of para-hydroxylation sites is 1. The van der Waals surface area contributed by atoms with Gasteiger partial charge in [-0.25, -0.2) is 0 Å². The van der Waals surface area contributed by atoms with E-state index in [1.165, 1.54) is 0 Å². The fraction of sp³-hybridized carbons (Fsp3) is 0.500. The van der Waals surface area contributed by atoms with Gasteiger partial charge in [-0.05, 0) is 31.9 Å². The van der Waals surface area contributed by atoms with Crippen molar-refractivity contribution in [2.75, 3.05) is 5.73 Å². The van der Waals surface area contributed by atoms with Crippen LogP contribution in [0.2, 0.25) is 0 Å². The van der Waals surface area contributed by atoms with E-state index in [2.05, 4.69) is 24.8 Å². The Morgan fingerprint density at radius 2 is 2.00 bits per heavy atom. The Balaban J connectivity index is 2.88. The molecule has 0 radical (unpaired) electrons. The molecule has 0 heterocycles. The average Bonchev–Trinajstić information content (AvgIpc) is 2.31. The molecule has 0 amide bonds. The first-order chi connectivity index (χ1) is 8.10. The van der Waals surface area contributed by atoms with E-state index in [0.717, 1.165) is 24.2 Å². The fourth-order valence-corrected chi connectivity index (χ4v) is 1.93. The highest BCUT2D eigenvalue weighted by Crippen LogP contribution is 2.18. The van der Waals surface area contributed by atoms with Gasteiger partial charge in [0, 0.05) is 18.3 Å². The molecule has 0 fully saturated rings. The SMILES string of the molecule is CCC(C#N)N(Cc1ccccc1N)C(C)C. The molecular weight excluding hydrogens is 210 g/mol. The summed E-state index contributed by atoms with van der Waals surface area (Å²) in [4.78, 5) is 2.19. The lowest BCUT2D eigenvalue weighted by molar-refractivity contribution is 0.173. The quantitative estimate of drug-likeness (QED) is 0.793. The summed E-state index contributed by atoms with van der Waals surface area (Å²) in [5.41, 5.74) is 7.83. The number of hydrogen-bond acceptors (Lipinski definition) is 3. The van der Waals surface area contributed by atoms with Crippen LogP contribution in [0.4, 0.5) is 5.69 Å². The summed E-state index contributed by atoms with van der Waals surface area (Å²) in [5.74, 6) is 0. The smallest absolute Gasteiger partial charge is 0.0980 e. The van der Waals surface area contributed by atoms with Crippen molar-refractivity contribution in [3.8, 4) is 6.07 Å². The molecular formula is C14H21N3. The number of rotatable bonds is 5. The zero-order valence-corrected chi connectivity index (χ0v) is 10.9. The molecule has 1 aromatic carbocycles. The molecule has 3 nitrogen and oxygen atoms in total. The van der Waals surface area contributed by atoms with E-state index in [1.54, 1.807) is 0 Å². The Labute approximate surface area is 104 Å². The topological polar surface area (TPSA) is 53.0 Å². The molecule has 1 aromatic rings. The van der Waals surface area contributed by atoms with Gasteiger partial charge in [0.2, 0.25) is 0 Å². The van der Waals surface area contributed by atoms with Crippen LogP contribution in [-0.4, -0.2) is 17.0 Å². The normalized spacial score (nSPS) is 12.7. The first kappa shape index (κ1) is 13.5. The summed E-state index contributed by atoms with van der Waals surface area (Å²) >= 11 is 0. The third-order valence-corrected chi connectivity index (χ3v) is 3.01. The predicted octanol–water partition coefficient (Wildman–Crippen LogP) is 2.78. The van der Waals surface area contributed by atoms with E-state index in [1.807, 2.05) is 31.2 Å². The molecule has 0 spiro atoms. The largest absolute Gasteiger partial charge is 0.398 e. The second kappa shape index (κ2) is 6.27. The van der Waals surface area contributed by atoms with E-state index in [4.69, 9.17) is 11.0 Å². The molecule has 0 aliphatic rings. The summed E-state index contributed by atoms with van der Waals surface area (Å²) in [6.07, 6.45) is 0.835. The van der Waals surface area contributed by atoms with Crippen molar-refractivity contribution in [1.82, 2.24) is 4.90 Å². The number of benzene rings is 1. The van der Waals surface area contributed by atoms with Gasteiger partial charge in [-0.3, -0.25) is 4.90 Å². The van der Waals surface area contributed by atoms with Gasteiger partial charge < -0.3 is 5.73 Å². The van der Waals surface area contributed by atoms with E-state index < -0.39 is 0 Å². The lowest BCUT2D eigenvalue weighted by Crippen LogP contribution is -2.38. The Hall–Kier alpha value is -1.53. The molecule has 1 unspecified atom stereocenters. The Morgan fingerprint density at radius 1 is 1.35 bits per heavy atom. The highest BCUT2D eigenvalue weighted by Gasteiger charge is 2.20. The van der Waals surface area contributed by atoms with Crippen molar-refractivity contribution in [3.63, 3.8) is 0 Å². The second-order valence-corrected chi connectivity index (χ2v) is 4.52. The van der Waals surface area contributed by atoms with Crippen LogP contribution in [0.3, 0.4) is 0 Å². The van der Waals surface area contributed by atoms with E-state index in [9.17, 15) is 0 Å². The van der Waals surface area contributed by atoms with Gasteiger partial charge in [0.05, 0.1) is 12.1 Å². The highest BCUT2D eigenvalue weighted by atomic mass is 15.2. The molecule has 3 heteroatoms. The molecule has 0 saturated carbocycles. The highest BCUT2D eigenvalue weighted by molar-refractivity contribution is 5.46. The van der Waals surface area contributed by atoms with Crippen molar-refractivity contribution in [2.24, 2.45) is 0 Å². The summed E-state index contributed by atoms with van der Waals surface area (Å²) in [6.45, 7) is 6.99. The summed E-state index contributed by atoms with van der Waals surface area (Å²) < 4.78 is 0. The Bertz CT molecular complexity index is 393. The zero-order chi connectivity index (χ0) is 12.8. The van der Waals surface area contributed by atoms with Gasteiger partial charge in [0.1, 0.15) is 0 Å². The maximum atomic E-state index is 9.17. The number of nitrogen functional groups attached to an aromatic ring is 1. The molecule has 0 saturated heterocycles. The molecule has 1 rings (SSSR count). The van der Waals surface area contributed by atoms with Crippen LogP contribution < -0.4 is 5.73 Å². The van der Waals surface area contributed by atoms with Crippen LogP contribution >= 0.6 is 0 Å². The number of nitrogens with zero attached hydrogens (tertiary/aromatic N) is 2. The molecule has 1 atom stereocenters. The lowest BCUT2D eigenvalue weighted by atomic mass is 10.1. The summed E-state index contributed by atoms with van der Waals surface area (Å²) in [6, 6.07) is 10.5. The first-order valence-electron chi connectivity index (χ1n) is 6.08. The van der Waals surface area contributed by atoms with Crippen molar-refractivity contribution in [2.45, 2.75) is 45.8 Å². The number of anilines is 1. The van der Waals surface area contributed by atoms with E-state index in [-0.39, 0.29) is 6.04 Å². The average molecular weight is 231 g/mol. The van der Waals surface area contributed by atoms with Gasteiger partial charge >= 0.3 is 0 Å². The van der Waals surface area contributed by atoms with Crippen LogP contribution in [0.25, 0.3) is 0 Å². The predicted molar refractivity (Wildman–Crippen MR) is 71.2 cm³/mol. The Kier molecular flexibility index (Phi) is 4.99. The van der Waals surface area contributed by atoms with Crippen molar-refractivity contribution < 1.29 is 0 Å². The molecule has 2 N–H and O–H groups in total. The summed E-state index contributed by atoms with van der Waals surface area (Å²) in [7, 11) is 0. The zero-order valence-electron chi connectivity index (χ0n) is 10.9. The van der Waals surface area contributed by atoms with Crippen LogP contribution in [0.5, 0.6) is 0 Å². The third kappa shape index (κ3) is 3.47. The minimum Gasteiger partial charge on any atom is -0.398 e. The monoisotopic (exact) mass is 231 g/mol. The fourth-order valence-electron chi connectivity index (χ4n) is 1.93. The maximum Gasteiger partial charge on any atom is 0.0980 e. The standard InChI is InChI=1S/C14H21N3/c1-4-13(9-15)17(11(2)3)10-12-7-5-6-8-14(12)16/h5-8,11,13H,4,10,16H2,1-3H3. The third-order valence-electron chi connectivity index (χ3n) is 3.01. The van der Waals surface area contributed by atoms with Crippen molar-refractivity contribution in [3.05, 3.63) is 29.8 Å². The lowest BCUT2D eigenvalue weighted by Gasteiger charge is -2.30. The molecule has 92 valence electrons. The van der Waals surface area contributed by atoms with Crippen LogP contribution in [0, 0.1) is 11.3 Å². The molecule has 0 bridgehead atoms. The number of hydrogen-bond donors (Lipinski definition) is 1. The second-order valence-electron chi connectivity index (χ2n) is 4.52. The van der Waals surface area contributed by atoms with E-state index in [0.29, 0.717) is 6.04 Å². The van der Waals surface area contributed by atoms with Crippen LogP contribution in [0.15, 0.2) is 24.3 Å².